The molecule has 1 fully saturated rings. The Hall–Kier alpha value is -3.54. The van der Waals surface area contributed by atoms with Gasteiger partial charge in [-0.1, -0.05) is 30.3 Å². The summed E-state index contributed by atoms with van der Waals surface area (Å²) in [5.74, 6) is 1.07. The third-order valence-corrected chi connectivity index (χ3v) is 5.07. The fraction of sp³-hybridized carbons (Fsp3) is 0.250. The molecule has 2 aromatic carbocycles. The van der Waals surface area contributed by atoms with Gasteiger partial charge in [0.1, 0.15) is 23.8 Å². The van der Waals surface area contributed by atoms with Crippen LogP contribution in [0.2, 0.25) is 0 Å². The van der Waals surface area contributed by atoms with Gasteiger partial charge in [-0.05, 0) is 48.7 Å². The molecule has 6 heteroatoms. The molecule has 2 heterocycles. The number of hydrogen-bond acceptors (Lipinski definition) is 4. The van der Waals surface area contributed by atoms with Gasteiger partial charge in [-0.3, -0.25) is 9.59 Å². The number of amides is 1. The second kappa shape index (κ2) is 9.31. The molecular weight excluding hydrogens is 380 g/mol. The lowest BCUT2D eigenvalue weighted by Gasteiger charge is -2.13. The normalized spacial score (nSPS) is 13.3. The standard InChI is InChI=1S/C24H24N2O4/c27-23(19-14-22(25-15-19)24(28)26-12-4-5-13-26)17-30-21-10-8-20(9-11-21)29-16-18-6-2-1-3-7-18/h1-3,6-11,14-15,25H,4-5,12-13,16-17H2. The lowest BCUT2D eigenvalue weighted by Crippen LogP contribution is -2.27. The molecule has 1 aromatic heterocycles. The van der Waals surface area contributed by atoms with Gasteiger partial charge >= 0.3 is 0 Å². The van der Waals surface area contributed by atoms with Crippen molar-refractivity contribution in [3.63, 3.8) is 0 Å². The molecule has 1 N–H and O–H groups in total. The van der Waals surface area contributed by atoms with Crippen LogP contribution in [0.3, 0.4) is 0 Å². The number of carbonyl (C=O) groups is 2. The zero-order valence-electron chi connectivity index (χ0n) is 16.7. The number of rotatable bonds is 8. The molecular formula is C24H24N2O4. The van der Waals surface area contributed by atoms with Gasteiger partial charge in [-0.2, -0.15) is 0 Å². The number of ether oxygens (including phenoxy) is 2. The quantitative estimate of drug-likeness (QED) is 0.574. The van der Waals surface area contributed by atoms with E-state index in [-0.39, 0.29) is 18.3 Å². The number of Topliss-reactive ketones (excluding diaryl/α,β-unsaturated/α-hetero) is 1. The van der Waals surface area contributed by atoms with Crippen molar-refractivity contribution in [2.45, 2.75) is 19.4 Å². The third kappa shape index (κ3) is 4.89. The molecule has 1 amide bonds. The summed E-state index contributed by atoms with van der Waals surface area (Å²) < 4.78 is 11.3. The molecule has 0 bridgehead atoms. The molecule has 30 heavy (non-hydrogen) atoms. The van der Waals surface area contributed by atoms with E-state index < -0.39 is 0 Å². The number of aromatic nitrogens is 1. The largest absolute Gasteiger partial charge is 0.489 e. The highest BCUT2D eigenvalue weighted by Gasteiger charge is 2.21. The lowest BCUT2D eigenvalue weighted by molar-refractivity contribution is 0.0787. The van der Waals surface area contributed by atoms with Crippen molar-refractivity contribution in [1.29, 1.82) is 0 Å². The van der Waals surface area contributed by atoms with Crippen molar-refractivity contribution in [3.05, 3.63) is 83.7 Å². The Balaban J connectivity index is 1.27. The molecule has 154 valence electrons. The average Bonchev–Trinajstić information content (AvgIpc) is 3.50. The summed E-state index contributed by atoms with van der Waals surface area (Å²) in [6.45, 7) is 1.94. The Morgan fingerprint density at radius 3 is 2.27 bits per heavy atom. The van der Waals surface area contributed by atoms with E-state index in [1.54, 1.807) is 29.3 Å². The van der Waals surface area contributed by atoms with Crippen molar-refractivity contribution in [2.24, 2.45) is 0 Å². The van der Waals surface area contributed by atoms with Gasteiger partial charge in [0.2, 0.25) is 5.78 Å². The number of H-pyrrole nitrogens is 1. The number of likely N-dealkylation sites (tertiary alicyclic amines) is 1. The molecule has 0 aliphatic carbocycles. The van der Waals surface area contributed by atoms with Crippen LogP contribution in [0.4, 0.5) is 0 Å². The predicted molar refractivity (Wildman–Crippen MR) is 113 cm³/mol. The van der Waals surface area contributed by atoms with E-state index in [1.807, 2.05) is 42.5 Å². The summed E-state index contributed by atoms with van der Waals surface area (Å²) in [5, 5.41) is 0. The molecule has 6 nitrogen and oxygen atoms in total. The number of benzene rings is 2. The summed E-state index contributed by atoms with van der Waals surface area (Å²) in [6.07, 6.45) is 3.62. The summed E-state index contributed by atoms with van der Waals surface area (Å²) in [6, 6.07) is 18.7. The van der Waals surface area contributed by atoms with Gasteiger partial charge < -0.3 is 19.4 Å². The van der Waals surface area contributed by atoms with Crippen LogP contribution in [0.25, 0.3) is 0 Å². The van der Waals surface area contributed by atoms with E-state index in [2.05, 4.69) is 4.98 Å². The first-order valence-corrected chi connectivity index (χ1v) is 10.1. The maximum atomic E-state index is 12.4. The Morgan fingerprint density at radius 1 is 0.900 bits per heavy atom. The number of nitrogens with zero attached hydrogens (tertiary/aromatic N) is 1. The number of ketones is 1. The maximum Gasteiger partial charge on any atom is 0.270 e. The van der Waals surface area contributed by atoms with Crippen LogP contribution >= 0.6 is 0 Å². The van der Waals surface area contributed by atoms with E-state index in [4.69, 9.17) is 9.47 Å². The van der Waals surface area contributed by atoms with E-state index in [1.165, 1.54) is 0 Å². The monoisotopic (exact) mass is 404 g/mol. The minimum absolute atomic E-state index is 0.0569. The smallest absolute Gasteiger partial charge is 0.270 e. The molecule has 3 aromatic rings. The van der Waals surface area contributed by atoms with Gasteiger partial charge in [0.25, 0.3) is 5.91 Å². The summed E-state index contributed by atoms with van der Waals surface area (Å²) in [7, 11) is 0. The zero-order valence-corrected chi connectivity index (χ0v) is 16.7. The SMILES string of the molecule is O=C(COc1ccc(OCc2ccccc2)cc1)c1c[nH]c(C(=O)N2CCCC2)c1. The Morgan fingerprint density at radius 2 is 1.57 bits per heavy atom. The van der Waals surface area contributed by atoms with Crippen molar-refractivity contribution in [1.82, 2.24) is 9.88 Å². The van der Waals surface area contributed by atoms with Crippen LogP contribution < -0.4 is 9.47 Å². The summed E-state index contributed by atoms with van der Waals surface area (Å²) in [5.41, 5.74) is 1.98. The predicted octanol–water partition coefficient (Wildman–Crippen LogP) is 4.09. The highest BCUT2D eigenvalue weighted by molar-refractivity contribution is 6.01. The van der Waals surface area contributed by atoms with Crippen LogP contribution in [0.1, 0.15) is 39.3 Å². The second-order valence-electron chi connectivity index (χ2n) is 7.26. The van der Waals surface area contributed by atoms with Gasteiger partial charge in [-0.25, -0.2) is 0 Å². The van der Waals surface area contributed by atoms with E-state index in [9.17, 15) is 9.59 Å². The number of nitrogens with one attached hydrogen (secondary N) is 1. The molecule has 1 aliphatic rings. The first-order chi connectivity index (χ1) is 14.7. The van der Waals surface area contributed by atoms with E-state index in [0.717, 1.165) is 37.2 Å². The minimum atomic E-state index is -0.184. The Bertz CT molecular complexity index is 990. The van der Waals surface area contributed by atoms with Crippen LogP contribution in [-0.4, -0.2) is 41.3 Å². The maximum absolute atomic E-state index is 12.4. The van der Waals surface area contributed by atoms with Crippen LogP contribution in [0.15, 0.2) is 66.9 Å². The molecule has 1 aliphatic heterocycles. The first-order valence-electron chi connectivity index (χ1n) is 10.1. The topological polar surface area (TPSA) is 71.6 Å². The Labute approximate surface area is 175 Å². The molecule has 0 unspecified atom stereocenters. The molecule has 4 rings (SSSR count). The van der Waals surface area contributed by atoms with Crippen LogP contribution in [-0.2, 0) is 6.61 Å². The van der Waals surface area contributed by atoms with Crippen molar-refractivity contribution in [3.8, 4) is 11.5 Å². The first kappa shape index (κ1) is 19.8. The van der Waals surface area contributed by atoms with E-state index >= 15 is 0 Å². The highest BCUT2D eigenvalue weighted by Crippen LogP contribution is 2.19. The lowest BCUT2D eigenvalue weighted by atomic mass is 10.2. The number of aromatic amines is 1. The molecule has 0 radical (unpaired) electrons. The zero-order chi connectivity index (χ0) is 20.8. The van der Waals surface area contributed by atoms with Gasteiger partial charge in [0.05, 0.1) is 0 Å². The fourth-order valence-corrected chi connectivity index (χ4v) is 3.37. The van der Waals surface area contributed by atoms with Crippen molar-refractivity contribution < 1.29 is 19.1 Å². The fourth-order valence-electron chi connectivity index (χ4n) is 3.37. The highest BCUT2D eigenvalue weighted by atomic mass is 16.5. The molecule has 0 saturated carbocycles. The van der Waals surface area contributed by atoms with Crippen molar-refractivity contribution in [2.75, 3.05) is 19.7 Å². The summed E-state index contributed by atoms with van der Waals surface area (Å²) >= 11 is 0. The minimum Gasteiger partial charge on any atom is -0.489 e. The van der Waals surface area contributed by atoms with E-state index in [0.29, 0.717) is 23.6 Å². The van der Waals surface area contributed by atoms with Crippen LogP contribution in [0.5, 0.6) is 11.5 Å². The second-order valence-corrected chi connectivity index (χ2v) is 7.26. The molecule has 1 saturated heterocycles. The third-order valence-electron chi connectivity index (χ3n) is 5.07. The number of carbonyl (C=O) groups excluding carboxylic acids is 2. The summed E-state index contributed by atoms with van der Waals surface area (Å²) in [4.78, 5) is 29.5. The average molecular weight is 404 g/mol. The van der Waals surface area contributed by atoms with Gasteiger partial charge in [-0.15, -0.1) is 0 Å². The van der Waals surface area contributed by atoms with Crippen LogP contribution in [0, 0.1) is 0 Å². The molecule has 0 spiro atoms. The number of hydrogen-bond donors (Lipinski definition) is 1. The van der Waals surface area contributed by atoms with Gasteiger partial charge in [0.15, 0.2) is 6.61 Å². The Kier molecular flexibility index (Phi) is 6.13. The van der Waals surface area contributed by atoms with Gasteiger partial charge in [0, 0.05) is 24.8 Å². The molecule has 0 atom stereocenters. The van der Waals surface area contributed by atoms with Crippen molar-refractivity contribution >= 4 is 11.7 Å².